The molecule has 92 valence electrons. The van der Waals surface area contributed by atoms with E-state index >= 15 is 0 Å². The topological polar surface area (TPSA) is 0 Å². The standard InChI is InChI=1S/C7H16.C5H12.2CH4/c1-3-5-7-6-4-2;1-3-5-4-2;;/h3-7H2,1-2H3;3-5H2,1-2H3;2*1H4. The van der Waals surface area contributed by atoms with Crippen molar-refractivity contribution < 1.29 is 0 Å². The van der Waals surface area contributed by atoms with Crippen molar-refractivity contribution >= 4 is 0 Å². The third kappa shape index (κ3) is 40.3. The van der Waals surface area contributed by atoms with Crippen LogP contribution in [0.15, 0.2) is 0 Å². The van der Waals surface area contributed by atoms with Gasteiger partial charge in [0.25, 0.3) is 0 Å². The second kappa shape index (κ2) is 29.2. The molecule has 0 N–H and O–H groups in total. The Labute approximate surface area is 94.5 Å². The number of unbranched alkanes of at least 4 members (excludes halogenated alkanes) is 6. The van der Waals surface area contributed by atoms with Crippen molar-refractivity contribution in [1.29, 1.82) is 0 Å². The number of hydrogen-bond donors (Lipinski definition) is 0. The van der Waals surface area contributed by atoms with Crippen LogP contribution in [0.4, 0.5) is 0 Å². The first kappa shape index (κ1) is 23.7. The SMILES string of the molecule is C.C.CCCCC.CCCCCCC. The Morgan fingerprint density at radius 3 is 0.857 bits per heavy atom. The second-order valence-corrected chi connectivity index (χ2v) is 3.41. The maximum atomic E-state index is 2.25. The van der Waals surface area contributed by atoms with E-state index in [1.807, 2.05) is 0 Å². The number of hydrogen-bond acceptors (Lipinski definition) is 0. The predicted molar refractivity (Wildman–Crippen MR) is 73.1 cm³/mol. The average molecular weight is 204 g/mol. The first-order chi connectivity index (χ1) is 5.83. The molecule has 0 radical (unpaired) electrons. The van der Waals surface area contributed by atoms with Crippen molar-refractivity contribution in [3.8, 4) is 0 Å². The minimum absolute atomic E-state index is 0. The van der Waals surface area contributed by atoms with Crippen LogP contribution in [0.25, 0.3) is 0 Å². The quantitative estimate of drug-likeness (QED) is 0.436. The second-order valence-electron chi connectivity index (χ2n) is 3.41. The van der Waals surface area contributed by atoms with E-state index < -0.39 is 0 Å². The Balaban J connectivity index is -0.0000000651. The zero-order valence-corrected chi connectivity index (χ0v) is 9.66. The normalized spacial score (nSPS) is 7.71. The van der Waals surface area contributed by atoms with E-state index in [2.05, 4.69) is 27.7 Å². The van der Waals surface area contributed by atoms with E-state index in [-0.39, 0.29) is 14.9 Å². The summed E-state index contributed by atoms with van der Waals surface area (Å²) in [6.45, 7) is 8.91. The first-order valence-corrected chi connectivity index (χ1v) is 5.83. The van der Waals surface area contributed by atoms with Gasteiger partial charge in [-0.1, -0.05) is 93.9 Å². The minimum Gasteiger partial charge on any atom is -0.0776 e. The fraction of sp³-hybridized carbons (Fsp3) is 1.00. The highest BCUT2D eigenvalue weighted by molar-refractivity contribution is 4.35. The molecular weight excluding hydrogens is 168 g/mol. The van der Waals surface area contributed by atoms with Gasteiger partial charge in [0.05, 0.1) is 0 Å². The van der Waals surface area contributed by atoms with Crippen LogP contribution in [0.5, 0.6) is 0 Å². The fourth-order valence-electron chi connectivity index (χ4n) is 1.03. The van der Waals surface area contributed by atoms with Gasteiger partial charge < -0.3 is 0 Å². The van der Waals surface area contributed by atoms with E-state index in [1.54, 1.807) is 0 Å². The molecule has 0 unspecified atom stereocenters. The maximum Gasteiger partial charge on any atom is -0.0533 e. The zero-order valence-electron chi connectivity index (χ0n) is 9.66. The molecule has 0 aromatic carbocycles. The van der Waals surface area contributed by atoms with Crippen molar-refractivity contribution in [1.82, 2.24) is 0 Å². The molecule has 0 aliphatic carbocycles. The summed E-state index contributed by atoms with van der Waals surface area (Å²) in [5.41, 5.74) is 0. The molecule has 0 heterocycles. The van der Waals surface area contributed by atoms with Crippen molar-refractivity contribution in [2.45, 2.75) is 93.9 Å². The highest BCUT2D eigenvalue weighted by atomic mass is 13.9. The lowest BCUT2D eigenvalue weighted by molar-refractivity contribution is 0.656. The van der Waals surface area contributed by atoms with Gasteiger partial charge in [-0.3, -0.25) is 0 Å². The predicted octanol–water partition coefficient (Wildman–Crippen LogP) is 6.45. The Kier molecular flexibility index (Phi) is 49.4. The molecule has 0 amide bonds. The van der Waals surface area contributed by atoms with E-state index in [0.717, 1.165) is 0 Å². The first-order valence-electron chi connectivity index (χ1n) is 5.83. The molecule has 0 saturated carbocycles. The van der Waals surface area contributed by atoms with E-state index in [0.29, 0.717) is 0 Å². The summed E-state index contributed by atoms with van der Waals surface area (Å²) in [6, 6.07) is 0. The summed E-state index contributed by atoms with van der Waals surface area (Å²) in [6.07, 6.45) is 11.1. The minimum atomic E-state index is 0. The molecule has 0 rings (SSSR count). The van der Waals surface area contributed by atoms with Crippen LogP contribution in [0.2, 0.25) is 0 Å². The Morgan fingerprint density at radius 2 is 0.714 bits per heavy atom. The highest BCUT2D eigenvalue weighted by Gasteiger charge is 1.80. The van der Waals surface area contributed by atoms with Crippen molar-refractivity contribution in [2.75, 3.05) is 0 Å². The van der Waals surface area contributed by atoms with Gasteiger partial charge in [-0.15, -0.1) is 0 Å². The van der Waals surface area contributed by atoms with Crippen molar-refractivity contribution in [2.24, 2.45) is 0 Å². The Hall–Kier alpha value is 0. The Morgan fingerprint density at radius 1 is 0.429 bits per heavy atom. The lowest BCUT2D eigenvalue weighted by Gasteiger charge is -1.90. The zero-order chi connectivity index (χ0) is 9.66. The van der Waals surface area contributed by atoms with E-state index in [1.165, 1.54) is 51.4 Å². The molecule has 0 aliphatic heterocycles. The van der Waals surface area contributed by atoms with Crippen molar-refractivity contribution in [3.05, 3.63) is 0 Å². The third-order valence-electron chi connectivity index (χ3n) is 1.91. The summed E-state index contributed by atoms with van der Waals surface area (Å²) in [5.74, 6) is 0. The lowest BCUT2D eigenvalue weighted by Crippen LogP contribution is -1.70. The summed E-state index contributed by atoms with van der Waals surface area (Å²) < 4.78 is 0. The lowest BCUT2D eigenvalue weighted by atomic mass is 10.2. The van der Waals surface area contributed by atoms with Crippen LogP contribution in [-0.4, -0.2) is 0 Å². The molecule has 0 heteroatoms. The van der Waals surface area contributed by atoms with Crippen LogP contribution in [-0.2, 0) is 0 Å². The van der Waals surface area contributed by atoms with Gasteiger partial charge in [0.2, 0.25) is 0 Å². The monoisotopic (exact) mass is 204 g/mol. The van der Waals surface area contributed by atoms with Gasteiger partial charge in [-0.2, -0.15) is 0 Å². The summed E-state index contributed by atoms with van der Waals surface area (Å²) >= 11 is 0. The van der Waals surface area contributed by atoms with Crippen LogP contribution in [0, 0.1) is 0 Å². The van der Waals surface area contributed by atoms with Crippen LogP contribution >= 0.6 is 0 Å². The van der Waals surface area contributed by atoms with Gasteiger partial charge in [0.15, 0.2) is 0 Å². The molecule has 14 heavy (non-hydrogen) atoms. The largest absolute Gasteiger partial charge is 0.0776 e. The van der Waals surface area contributed by atoms with Gasteiger partial charge >= 0.3 is 0 Å². The molecule has 0 fully saturated rings. The molecule has 0 spiro atoms. The fourth-order valence-corrected chi connectivity index (χ4v) is 1.03. The average Bonchev–Trinajstić information content (AvgIpc) is 2.08. The van der Waals surface area contributed by atoms with Crippen LogP contribution in [0.1, 0.15) is 93.9 Å². The highest BCUT2D eigenvalue weighted by Crippen LogP contribution is 2.00. The molecule has 0 aromatic rings. The van der Waals surface area contributed by atoms with E-state index in [4.69, 9.17) is 0 Å². The van der Waals surface area contributed by atoms with Crippen molar-refractivity contribution in [3.63, 3.8) is 0 Å². The molecular formula is C14H36. The molecule has 0 nitrogen and oxygen atoms in total. The van der Waals surface area contributed by atoms with Gasteiger partial charge in [0, 0.05) is 0 Å². The number of rotatable bonds is 6. The molecule has 0 atom stereocenters. The smallest absolute Gasteiger partial charge is 0.0533 e. The molecule has 0 saturated heterocycles. The summed E-state index contributed by atoms with van der Waals surface area (Å²) in [4.78, 5) is 0. The summed E-state index contributed by atoms with van der Waals surface area (Å²) in [7, 11) is 0. The van der Waals surface area contributed by atoms with Crippen LogP contribution < -0.4 is 0 Å². The van der Waals surface area contributed by atoms with Gasteiger partial charge in [-0.25, -0.2) is 0 Å². The maximum absolute atomic E-state index is 2.25. The molecule has 0 aromatic heterocycles. The molecule has 0 aliphatic rings. The van der Waals surface area contributed by atoms with Gasteiger partial charge in [0.1, 0.15) is 0 Å². The third-order valence-corrected chi connectivity index (χ3v) is 1.91. The summed E-state index contributed by atoms with van der Waals surface area (Å²) in [5, 5.41) is 0. The molecule has 0 bridgehead atoms. The Bertz CT molecular complexity index is 42.0. The van der Waals surface area contributed by atoms with Crippen LogP contribution in [0.3, 0.4) is 0 Å². The van der Waals surface area contributed by atoms with Gasteiger partial charge in [-0.05, 0) is 0 Å². The van der Waals surface area contributed by atoms with E-state index in [9.17, 15) is 0 Å².